The largest absolute Gasteiger partial charge is 0.390 e. The van der Waals surface area contributed by atoms with Gasteiger partial charge in [-0.15, -0.1) is 0 Å². The van der Waals surface area contributed by atoms with Gasteiger partial charge in [-0.1, -0.05) is 24.3 Å². The molecule has 0 aromatic heterocycles. The summed E-state index contributed by atoms with van der Waals surface area (Å²) in [6.07, 6.45) is 0. The fourth-order valence-electron chi connectivity index (χ4n) is 0.999. The Morgan fingerprint density at radius 2 is 1.93 bits per heavy atom. The van der Waals surface area contributed by atoms with Gasteiger partial charge in [0.1, 0.15) is 0 Å². The van der Waals surface area contributed by atoms with Crippen molar-refractivity contribution in [1.82, 2.24) is 4.72 Å². The van der Waals surface area contributed by atoms with E-state index in [1.54, 1.807) is 12.1 Å². The first-order valence-electron chi connectivity index (χ1n) is 4.34. The molecule has 1 rings (SSSR count). The van der Waals surface area contributed by atoms with Crippen LogP contribution >= 0.6 is 0 Å². The molecule has 0 fully saturated rings. The van der Waals surface area contributed by atoms with E-state index in [1.165, 1.54) is 12.1 Å². The van der Waals surface area contributed by atoms with E-state index in [0.29, 0.717) is 0 Å². The number of rotatable bonds is 4. The van der Waals surface area contributed by atoms with Crippen molar-refractivity contribution in [3.8, 4) is 0 Å². The van der Waals surface area contributed by atoms with Crippen molar-refractivity contribution in [3.63, 3.8) is 0 Å². The highest BCUT2D eigenvalue weighted by Gasteiger charge is 2.13. The van der Waals surface area contributed by atoms with E-state index in [0.717, 1.165) is 5.56 Å². The summed E-state index contributed by atoms with van der Waals surface area (Å²) in [4.78, 5) is 0.155. The number of hydrogen-bond acceptors (Lipinski definition) is 3. The second-order valence-electron chi connectivity index (χ2n) is 3.18. The van der Waals surface area contributed by atoms with E-state index in [1.807, 2.05) is 6.92 Å². The van der Waals surface area contributed by atoms with Gasteiger partial charge in [0.05, 0.1) is 11.5 Å². The van der Waals surface area contributed by atoms with Gasteiger partial charge in [-0.3, -0.25) is 4.72 Å². The highest BCUT2D eigenvalue weighted by molar-refractivity contribution is 7.89. The normalized spacial score (nSPS) is 11.1. The predicted octanol–water partition coefficient (Wildman–Crippen LogP) is 0.779. The van der Waals surface area contributed by atoms with Crippen molar-refractivity contribution < 1.29 is 13.5 Å². The van der Waals surface area contributed by atoms with Crippen LogP contribution in [0.15, 0.2) is 41.4 Å². The van der Waals surface area contributed by atoms with Crippen LogP contribution in [-0.4, -0.2) is 20.1 Å². The highest BCUT2D eigenvalue weighted by atomic mass is 32.2. The fourth-order valence-corrected chi connectivity index (χ4v) is 2.06. The molecule has 0 atom stereocenters. The summed E-state index contributed by atoms with van der Waals surface area (Å²) in [5.41, 5.74) is 1.03. The number of aliphatic hydroxyl groups is 1. The molecule has 0 spiro atoms. The zero-order valence-electron chi connectivity index (χ0n) is 8.40. The van der Waals surface area contributed by atoms with Crippen LogP contribution in [0.1, 0.15) is 5.56 Å². The Morgan fingerprint density at radius 1 is 1.40 bits per heavy atom. The predicted molar refractivity (Wildman–Crippen MR) is 57.7 cm³/mol. The van der Waals surface area contributed by atoms with Crippen LogP contribution in [0.5, 0.6) is 0 Å². The van der Waals surface area contributed by atoms with Crippen LogP contribution in [-0.2, 0) is 10.0 Å². The van der Waals surface area contributed by atoms with Crippen molar-refractivity contribution in [2.45, 2.75) is 11.8 Å². The molecular weight excluding hydrogens is 214 g/mol. The molecule has 0 aliphatic carbocycles. The Hall–Kier alpha value is -1.33. The van der Waals surface area contributed by atoms with Crippen molar-refractivity contribution in [2.24, 2.45) is 0 Å². The Labute approximate surface area is 89.3 Å². The quantitative estimate of drug-likeness (QED) is 0.798. The second kappa shape index (κ2) is 4.46. The molecule has 5 heteroatoms. The van der Waals surface area contributed by atoms with Crippen molar-refractivity contribution >= 4 is 10.0 Å². The van der Waals surface area contributed by atoms with E-state index in [-0.39, 0.29) is 10.6 Å². The lowest BCUT2D eigenvalue weighted by atomic mass is 10.2. The molecular formula is C10H13NO3S. The third kappa shape index (κ3) is 3.07. The minimum Gasteiger partial charge on any atom is -0.390 e. The molecule has 0 saturated heterocycles. The molecule has 15 heavy (non-hydrogen) atoms. The van der Waals surface area contributed by atoms with Gasteiger partial charge in [0, 0.05) is 5.70 Å². The van der Waals surface area contributed by atoms with Gasteiger partial charge < -0.3 is 5.11 Å². The summed E-state index contributed by atoms with van der Waals surface area (Å²) in [6, 6.07) is 6.41. The van der Waals surface area contributed by atoms with Gasteiger partial charge in [-0.25, -0.2) is 8.42 Å². The Bertz CT molecular complexity index is 448. The molecule has 0 aliphatic heterocycles. The summed E-state index contributed by atoms with van der Waals surface area (Å²) >= 11 is 0. The topological polar surface area (TPSA) is 66.4 Å². The molecule has 0 bridgehead atoms. The lowest BCUT2D eigenvalue weighted by molar-refractivity contribution is 0.327. The number of nitrogens with one attached hydrogen (secondary N) is 1. The number of sulfonamides is 1. The molecule has 0 radical (unpaired) electrons. The average molecular weight is 227 g/mol. The minimum atomic E-state index is -3.60. The molecule has 2 N–H and O–H groups in total. The third-order valence-electron chi connectivity index (χ3n) is 1.80. The van der Waals surface area contributed by atoms with Crippen molar-refractivity contribution in [3.05, 3.63) is 42.1 Å². The van der Waals surface area contributed by atoms with E-state index in [4.69, 9.17) is 5.11 Å². The smallest absolute Gasteiger partial charge is 0.261 e. The van der Waals surface area contributed by atoms with E-state index in [9.17, 15) is 8.42 Å². The summed E-state index contributed by atoms with van der Waals surface area (Å²) in [7, 11) is -3.60. The fraction of sp³-hybridized carbons (Fsp3) is 0.200. The zero-order valence-corrected chi connectivity index (χ0v) is 9.21. The van der Waals surface area contributed by atoms with Crippen LogP contribution in [0.4, 0.5) is 0 Å². The van der Waals surface area contributed by atoms with Crippen molar-refractivity contribution in [1.29, 1.82) is 0 Å². The van der Waals surface area contributed by atoms with Crippen LogP contribution in [0.2, 0.25) is 0 Å². The summed E-state index contributed by atoms with van der Waals surface area (Å²) < 4.78 is 25.4. The monoisotopic (exact) mass is 227 g/mol. The molecule has 1 aromatic rings. The maximum Gasteiger partial charge on any atom is 0.261 e. The second-order valence-corrected chi connectivity index (χ2v) is 4.86. The Morgan fingerprint density at radius 3 is 2.40 bits per heavy atom. The molecule has 1 aromatic carbocycles. The lowest BCUT2D eigenvalue weighted by Crippen LogP contribution is -2.24. The van der Waals surface area contributed by atoms with Gasteiger partial charge in [-0.05, 0) is 19.1 Å². The SMILES string of the molecule is C=C(CO)NS(=O)(=O)c1ccc(C)cc1. The average Bonchev–Trinajstić information content (AvgIpc) is 2.17. The first kappa shape index (κ1) is 11.7. The Kier molecular flexibility index (Phi) is 3.49. The van der Waals surface area contributed by atoms with Gasteiger partial charge in [0.25, 0.3) is 10.0 Å². The molecule has 82 valence electrons. The van der Waals surface area contributed by atoms with Crippen LogP contribution in [0, 0.1) is 6.92 Å². The van der Waals surface area contributed by atoms with Gasteiger partial charge >= 0.3 is 0 Å². The van der Waals surface area contributed by atoms with E-state index < -0.39 is 16.6 Å². The van der Waals surface area contributed by atoms with Crippen LogP contribution < -0.4 is 4.72 Å². The Balaban J connectivity index is 2.96. The van der Waals surface area contributed by atoms with Crippen LogP contribution in [0.3, 0.4) is 0 Å². The lowest BCUT2D eigenvalue weighted by Gasteiger charge is -2.08. The van der Waals surface area contributed by atoms with E-state index >= 15 is 0 Å². The standard InChI is InChI=1S/C10H13NO3S/c1-8-3-5-10(6-4-8)15(13,14)11-9(2)7-12/h3-6,11-12H,2,7H2,1H3. The van der Waals surface area contributed by atoms with Crippen LogP contribution in [0.25, 0.3) is 0 Å². The third-order valence-corrected chi connectivity index (χ3v) is 3.25. The minimum absolute atomic E-state index is 0.0515. The zero-order chi connectivity index (χ0) is 11.5. The maximum absolute atomic E-state index is 11.6. The molecule has 0 unspecified atom stereocenters. The molecule has 0 heterocycles. The molecule has 0 saturated carbocycles. The highest BCUT2D eigenvalue weighted by Crippen LogP contribution is 2.10. The first-order valence-corrected chi connectivity index (χ1v) is 5.82. The van der Waals surface area contributed by atoms with Gasteiger partial charge in [0.15, 0.2) is 0 Å². The number of aryl methyl sites for hydroxylation is 1. The van der Waals surface area contributed by atoms with Gasteiger partial charge in [-0.2, -0.15) is 0 Å². The number of benzene rings is 1. The molecule has 0 aliphatic rings. The number of aliphatic hydroxyl groups excluding tert-OH is 1. The summed E-state index contributed by atoms with van der Waals surface area (Å²) in [5, 5.41) is 8.66. The summed E-state index contributed by atoms with van der Waals surface area (Å²) in [5.74, 6) is 0. The number of hydrogen-bond donors (Lipinski definition) is 2. The molecule has 0 amide bonds. The first-order chi connectivity index (χ1) is 6.95. The van der Waals surface area contributed by atoms with Gasteiger partial charge in [0.2, 0.25) is 0 Å². The molecule has 4 nitrogen and oxygen atoms in total. The van der Waals surface area contributed by atoms with Crippen molar-refractivity contribution in [2.75, 3.05) is 6.61 Å². The summed E-state index contributed by atoms with van der Waals surface area (Å²) in [6.45, 7) is 4.82. The maximum atomic E-state index is 11.6. The van der Waals surface area contributed by atoms with E-state index in [2.05, 4.69) is 11.3 Å².